The minimum atomic E-state index is -0.727. The number of hydrogen-bond acceptors (Lipinski definition) is 4. The number of allylic oxidation sites excluding steroid dienone is 2. The van der Waals surface area contributed by atoms with E-state index in [1.807, 2.05) is 18.2 Å². The lowest BCUT2D eigenvalue weighted by molar-refractivity contribution is -0.137. The molecule has 4 N–H and O–H groups in total. The maximum absolute atomic E-state index is 10.6. The summed E-state index contributed by atoms with van der Waals surface area (Å²) in [5.41, 5.74) is 7.56. The summed E-state index contributed by atoms with van der Waals surface area (Å²) in [5, 5.41) is 12.5. The van der Waals surface area contributed by atoms with Crippen LogP contribution >= 0.6 is 12.2 Å². The molecule has 0 saturated carbocycles. The molecule has 2 aliphatic heterocycles. The quantitative estimate of drug-likeness (QED) is 0.191. The maximum Gasteiger partial charge on any atom is 0.303 e. The molecule has 29 heavy (non-hydrogen) atoms. The van der Waals surface area contributed by atoms with Gasteiger partial charge < -0.3 is 15.2 Å². The maximum atomic E-state index is 10.6. The monoisotopic (exact) mass is 417 g/mol. The Balaban J connectivity index is 1.36. The Morgan fingerprint density at radius 1 is 1.17 bits per heavy atom. The molecular weight excluding hydrogens is 386 g/mol. The highest BCUT2D eigenvalue weighted by molar-refractivity contribution is 7.80. The largest absolute Gasteiger partial charge is 0.481 e. The van der Waals surface area contributed by atoms with Crippen LogP contribution in [0, 0.1) is 11.8 Å². The van der Waals surface area contributed by atoms with Crippen LogP contribution in [0.5, 0.6) is 0 Å². The van der Waals surface area contributed by atoms with E-state index in [1.54, 1.807) is 0 Å². The predicted molar refractivity (Wildman–Crippen MR) is 117 cm³/mol. The third-order valence-corrected chi connectivity index (χ3v) is 6.01. The molecule has 2 aliphatic rings. The molecule has 0 spiro atoms. The van der Waals surface area contributed by atoms with Gasteiger partial charge in [0.25, 0.3) is 0 Å². The summed E-state index contributed by atoms with van der Waals surface area (Å²) < 4.78 is 6.14. The van der Waals surface area contributed by atoms with Crippen LogP contribution in [0.1, 0.15) is 44.1 Å². The van der Waals surface area contributed by atoms with Gasteiger partial charge in [0.15, 0.2) is 5.11 Å². The molecule has 4 atom stereocenters. The minimum Gasteiger partial charge on any atom is -0.481 e. The molecule has 158 valence electrons. The topological polar surface area (TPSA) is 82.6 Å². The second-order valence-corrected chi connectivity index (χ2v) is 8.19. The van der Waals surface area contributed by atoms with Crippen molar-refractivity contribution in [2.24, 2.45) is 11.8 Å². The van der Waals surface area contributed by atoms with Gasteiger partial charge in [0.1, 0.15) is 0 Å². The van der Waals surface area contributed by atoms with Crippen LogP contribution in [0.2, 0.25) is 0 Å². The van der Waals surface area contributed by atoms with Gasteiger partial charge in [-0.25, -0.2) is 5.43 Å². The summed E-state index contributed by atoms with van der Waals surface area (Å²) in [6, 6.07) is 10.2. The van der Waals surface area contributed by atoms with Crippen molar-refractivity contribution in [2.45, 2.75) is 57.3 Å². The number of fused-ring (bicyclic) bond motifs is 2. The van der Waals surface area contributed by atoms with Crippen molar-refractivity contribution in [3.63, 3.8) is 0 Å². The smallest absolute Gasteiger partial charge is 0.303 e. The first-order valence-corrected chi connectivity index (χ1v) is 10.9. The standard InChI is InChI=1S/C22H31N3O3S/c26-21(27)11-7-2-1-6-10-17-18(20-13-12-19(17)28-20)15-24-25-22(29)23-14-16-8-4-3-5-9-16/h1,3-6,8-9,17-20,24H,2,7,10-15H2,(H,26,27)(H2,23,25,29)/b6-1-/t17-,18-,19-,20+/m1/s1. The Bertz CT molecular complexity index is 698. The van der Waals surface area contributed by atoms with E-state index in [9.17, 15) is 4.79 Å². The first kappa shape index (κ1) is 21.7. The van der Waals surface area contributed by atoms with E-state index in [0.29, 0.717) is 42.1 Å². The molecule has 0 radical (unpaired) electrons. The van der Waals surface area contributed by atoms with Crippen LogP contribution in [0.3, 0.4) is 0 Å². The summed E-state index contributed by atoms with van der Waals surface area (Å²) >= 11 is 5.35. The number of ether oxygens (including phenoxy) is 1. The SMILES string of the molecule is O=C(O)CCC/C=C\C[C@@H]1[C@@H](CNNC(=S)NCc2ccccc2)[C@@H]2CC[C@H]1O2. The molecule has 2 saturated heterocycles. The highest BCUT2D eigenvalue weighted by atomic mass is 32.1. The Hall–Kier alpha value is -1.96. The fraction of sp³-hybridized carbons (Fsp3) is 0.545. The Morgan fingerprint density at radius 2 is 1.93 bits per heavy atom. The van der Waals surface area contributed by atoms with Gasteiger partial charge in [0.05, 0.1) is 12.2 Å². The van der Waals surface area contributed by atoms with Gasteiger partial charge in [0, 0.05) is 25.4 Å². The number of aliphatic carboxylic acids is 1. The number of benzene rings is 1. The lowest BCUT2D eigenvalue weighted by Crippen LogP contribution is -2.47. The molecule has 2 fully saturated rings. The Kier molecular flexibility index (Phi) is 8.46. The first-order chi connectivity index (χ1) is 14.1. The van der Waals surface area contributed by atoms with Crippen molar-refractivity contribution in [1.29, 1.82) is 0 Å². The van der Waals surface area contributed by atoms with Crippen LogP contribution in [0.4, 0.5) is 0 Å². The number of nitrogens with one attached hydrogen (secondary N) is 3. The average Bonchev–Trinajstić information content (AvgIpc) is 3.32. The number of carbonyl (C=O) groups is 1. The summed E-state index contributed by atoms with van der Waals surface area (Å²) in [5.74, 6) is 0.237. The van der Waals surface area contributed by atoms with Gasteiger partial charge in [-0.3, -0.25) is 10.2 Å². The zero-order valence-electron chi connectivity index (χ0n) is 16.7. The van der Waals surface area contributed by atoms with Crippen molar-refractivity contribution < 1.29 is 14.6 Å². The lowest BCUT2D eigenvalue weighted by Gasteiger charge is -2.27. The summed E-state index contributed by atoms with van der Waals surface area (Å²) in [6.07, 6.45) is 9.99. The molecule has 0 aromatic heterocycles. The van der Waals surface area contributed by atoms with Gasteiger partial charge in [0.2, 0.25) is 0 Å². The Labute approximate surface area is 178 Å². The lowest BCUT2D eigenvalue weighted by atomic mass is 9.77. The van der Waals surface area contributed by atoms with Crippen molar-refractivity contribution >= 4 is 23.3 Å². The van der Waals surface area contributed by atoms with Gasteiger partial charge >= 0.3 is 5.97 Å². The molecule has 3 rings (SSSR count). The number of carboxylic acid groups (broad SMARTS) is 1. The van der Waals surface area contributed by atoms with E-state index in [2.05, 4.69) is 40.5 Å². The molecule has 0 aliphatic carbocycles. The number of carboxylic acids is 1. The summed E-state index contributed by atoms with van der Waals surface area (Å²) in [4.78, 5) is 10.6. The van der Waals surface area contributed by atoms with Gasteiger partial charge in [-0.15, -0.1) is 0 Å². The number of rotatable bonds is 11. The van der Waals surface area contributed by atoms with Crippen molar-refractivity contribution in [3.05, 3.63) is 48.0 Å². The second kappa shape index (κ2) is 11.3. The molecule has 2 bridgehead atoms. The van der Waals surface area contributed by atoms with E-state index in [-0.39, 0.29) is 6.42 Å². The molecule has 7 heteroatoms. The normalized spacial score (nSPS) is 25.4. The van der Waals surface area contributed by atoms with Crippen LogP contribution < -0.4 is 16.2 Å². The molecule has 6 nitrogen and oxygen atoms in total. The van der Waals surface area contributed by atoms with E-state index in [1.165, 1.54) is 5.56 Å². The van der Waals surface area contributed by atoms with Crippen molar-refractivity contribution in [3.8, 4) is 0 Å². The van der Waals surface area contributed by atoms with E-state index in [0.717, 1.165) is 32.2 Å². The zero-order chi connectivity index (χ0) is 20.5. The van der Waals surface area contributed by atoms with Gasteiger partial charge in [-0.1, -0.05) is 42.5 Å². The van der Waals surface area contributed by atoms with Crippen molar-refractivity contribution in [2.75, 3.05) is 6.54 Å². The van der Waals surface area contributed by atoms with Gasteiger partial charge in [-0.2, -0.15) is 0 Å². The molecular formula is C22H31N3O3S. The van der Waals surface area contributed by atoms with Crippen LogP contribution in [0.15, 0.2) is 42.5 Å². The molecule has 2 heterocycles. The average molecular weight is 418 g/mol. The first-order valence-electron chi connectivity index (χ1n) is 10.5. The van der Waals surface area contributed by atoms with Crippen LogP contribution in [-0.4, -0.2) is 34.9 Å². The third kappa shape index (κ3) is 6.80. The van der Waals surface area contributed by atoms with E-state index < -0.39 is 5.97 Å². The zero-order valence-corrected chi connectivity index (χ0v) is 17.5. The fourth-order valence-corrected chi connectivity index (χ4v) is 4.44. The Morgan fingerprint density at radius 3 is 2.69 bits per heavy atom. The van der Waals surface area contributed by atoms with Crippen LogP contribution in [0.25, 0.3) is 0 Å². The summed E-state index contributed by atoms with van der Waals surface area (Å²) in [6.45, 7) is 1.51. The highest BCUT2D eigenvalue weighted by Crippen LogP contribution is 2.44. The van der Waals surface area contributed by atoms with Gasteiger partial charge in [-0.05, 0) is 55.8 Å². The fourth-order valence-electron chi connectivity index (χ4n) is 4.29. The molecule has 1 aromatic rings. The third-order valence-electron chi connectivity index (χ3n) is 5.76. The number of thiocarbonyl (C=S) groups is 1. The van der Waals surface area contributed by atoms with Crippen molar-refractivity contribution in [1.82, 2.24) is 16.2 Å². The van der Waals surface area contributed by atoms with Crippen LogP contribution in [-0.2, 0) is 16.1 Å². The van der Waals surface area contributed by atoms with E-state index in [4.69, 9.17) is 22.1 Å². The molecule has 0 unspecified atom stereocenters. The minimum absolute atomic E-state index is 0.234. The number of unbranched alkanes of at least 4 members (excludes halogenated alkanes) is 1. The second-order valence-electron chi connectivity index (χ2n) is 7.79. The molecule has 1 aromatic carbocycles. The highest BCUT2D eigenvalue weighted by Gasteiger charge is 2.47. The summed E-state index contributed by atoms with van der Waals surface area (Å²) in [7, 11) is 0. The predicted octanol–water partition coefficient (Wildman–Crippen LogP) is 3.15. The van der Waals surface area contributed by atoms with E-state index >= 15 is 0 Å². The molecule has 0 amide bonds. The number of hydrogen-bond donors (Lipinski definition) is 4. The number of hydrazine groups is 1.